The zero-order valence-corrected chi connectivity index (χ0v) is 11.7. The minimum atomic E-state index is -0.818. The van der Waals surface area contributed by atoms with Crippen molar-refractivity contribution in [1.29, 1.82) is 0 Å². The Balaban J connectivity index is 2.02. The standard InChI is InChI=1S/C13H14BrNO4/c14-8-2-4-11(16)10(6-8)12(17)15-9-3-1-7(5-9)13(18)19/h2,4,6-7,9,16H,1,3,5H2,(H,15,17)(H,18,19)/t7-,9+/m1/s1. The van der Waals surface area contributed by atoms with E-state index >= 15 is 0 Å². The lowest BCUT2D eigenvalue weighted by molar-refractivity contribution is -0.141. The Morgan fingerprint density at radius 3 is 2.68 bits per heavy atom. The number of carbonyl (C=O) groups is 2. The maximum absolute atomic E-state index is 12.0. The zero-order valence-electron chi connectivity index (χ0n) is 10.1. The highest BCUT2D eigenvalue weighted by molar-refractivity contribution is 9.10. The topological polar surface area (TPSA) is 86.6 Å². The van der Waals surface area contributed by atoms with Crippen LogP contribution in [0.25, 0.3) is 0 Å². The number of carboxylic acids is 1. The molecule has 0 radical (unpaired) electrons. The molecule has 102 valence electrons. The molecule has 1 saturated carbocycles. The molecule has 1 fully saturated rings. The maximum atomic E-state index is 12.0. The van der Waals surface area contributed by atoms with Gasteiger partial charge in [0.05, 0.1) is 11.5 Å². The fraction of sp³-hybridized carbons (Fsp3) is 0.385. The molecule has 1 amide bonds. The summed E-state index contributed by atoms with van der Waals surface area (Å²) in [6.07, 6.45) is 1.66. The normalized spacial score (nSPS) is 22.2. The van der Waals surface area contributed by atoms with Gasteiger partial charge in [0.1, 0.15) is 5.75 Å². The molecule has 0 saturated heterocycles. The second kappa shape index (κ2) is 5.61. The Labute approximate surface area is 118 Å². The van der Waals surface area contributed by atoms with Crippen LogP contribution in [0.5, 0.6) is 5.75 Å². The monoisotopic (exact) mass is 327 g/mol. The number of nitrogens with one attached hydrogen (secondary N) is 1. The summed E-state index contributed by atoms with van der Waals surface area (Å²) in [7, 11) is 0. The van der Waals surface area contributed by atoms with E-state index in [9.17, 15) is 14.7 Å². The van der Waals surface area contributed by atoms with E-state index in [1.54, 1.807) is 6.07 Å². The second-order valence-electron chi connectivity index (χ2n) is 4.68. The quantitative estimate of drug-likeness (QED) is 0.793. The van der Waals surface area contributed by atoms with Gasteiger partial charge in [-0.3, -0.25) is 9.59 Å². The fourth-order valence-corrected chi connectivity index (χ4v) is 2.65. The first-order valence-electron chi connectivity index (χ1n) is 5.99. The summed E-state index contributed by atoms with van der Waals surface area (Å²) in [5.74, 6) is -1.67. The second-order valence-corrected chi connectivity index (χ2v) is 5.60. The molecule has 1 aliphatic carbocycles. The van der Waals surface area contributed by atoms with E-state index in [0.29, 0.717) is 23.7 Å². The number of phenolic OH excluding ortho intramolecular Hbond substituents is 1. The Bertz CT molecular complexity index is 517. The predicted molar refractivity (Wildman–Crippen MR) is 72.0 cm³/mol. The summed E-state index contributed by atoms with van der Waals surface area (Å²) in [4.78, 5) is 22.9. The molecule has 0 aliphatic heterocycles. The van der Waals surface area contributed by atoms with Crippen molar-refractivity contribution in [3.8, 4) is 5.75 Å². The number of aromatic hydroxyl groups is 1. The molecule has 6 heteroatoms. The zero-order chi connectivity index (χ0) is 14.0. The number of amides is 1. The first kappa shape index (κ1) is 13.9. The molecule has 0 spiro atoms. The molecule has 5 nitrogen and oxygen atoms in total. The molecule has 0 bridgehead atoms. The van der Waals surface area contributed by atoms with E-state index in [1.807, 2.05) is 0 Å². The number of hydrogen-bond acceptors (Lipinski definition) is 3. The van der Waals surface area contributed by atoms with E-state index in [0.717, 1.165) is 0 Å². The smallest absolute Gasteiger partial charge is 0.306 e. The minimum absolute atomic E-state index is 0.0894. The highest BCUT2D eigenvalue weighted by Gasteiger charge is 2.31. The van der Waals surface area contributed by atoms with Crippen LogP contribution in [0.1, 0.15) is 29.6 Å². The average molecular weight is 328 g/mol. The van der Waals surface area contributed by atoms with Gasteiger partial charge in [-0.15, -0.1) is 0 Å². The number of halogens is 1. The number of aliphatic carboxylic acids is 1. The lowest BCUT2D eigenvalue weighted by Crippen LogP contribution is -2.33. The van der Waals surface area contributed by atoms with Gasteiger partial charge < -0.3 is 15.5 Å². The van der Waals surface area contributed by atoms with E-state index in [4.69, 9.17) is 5.11 Å². The molecule has 1 aromatic carbocycles. The average Bonchev–Trinajstić information content (AvgIpc) is 2.80. The summed E-state index contributed by atoms with van der Waals surface area (Å²) in [5, 5.41) is 21.3. The molecule has 0 unspecified atom stereocenters. The molecule has 0 aromatic heterocycles. The van der Waals surface area contributed by atoms with Gasteiger partial charge in [-0.1, -0.05) is 15.9 Å². The highest BCUT2D eigenvalue weighted by Crippen LogP contribution is 2.27. The summed E-state index contributed by atoms with van der Waals surface area (Å²) < 4.78 is 0.699. The molecular formula is C13H14BrNO4. The Morgan fingerprint density at radius 2 is 2.05 bits per heavy atom. The van der Waals surface area contributed by atoms with Crippen molar-refractivity contribution in [1.82, 2.24) is 5.32 Å². The number of phenols is 1. The van der Waals surface area contributed by atoms with Crippen molar-refractivity contribution < 1.29 is 19.8 Å². The molecule has 1 aromatic rings. The number of rotatable bonds is 3. The number of carbonyl (C=O) groups excluding carboxylic acids is 1. The molecule has 1 aliphatic rings. The van der Waals surface area contributed by atoms with E-state index in [2.05, 4.69) is 21.2 Å². The summed E-state index contributed by atoms with van der Waals surface area (Å²) in [6.45, 7) is 0. The highest BCUT2D eigenvalue weighted by atomic mass is 79.9. The largest absolute Gasteiger partial charge is 0.507 e. The third-order valence-corrected chi connectivity index (χ3v) is 3.81. The number of hydrogen-bond donors (Lipinski definition) is 3. The minimum Gasteiger partial charge on any atom is -0.507 e. The third-order valence-electron chi connectivity index (χ3n) is 3.32. The summed E-state index contributed by atoms with van der Waals surface area (Å²) >= 11 is 3.24. The summed E-state index contributed by atoms with van der Waals surface area (Å²) in [6, 6.07) is 4.47. The Morgan fingerprint density at radius 1 is 1.32 bits per heavy atom. The number of benzene rings is 1. The van der Waals surface area contributed by atoms with E-state index in [-0.39, 0.29) is 29.2 Å². The maximum Gasteiger partial charge on any atom is 0.306 e. The molecule has 0 heterocycles. The van der Waals surface area contributed by atoms with Crippen LogP contribution in [0.2, 0.25) is 0 Å². The molecule has 2 atom stereocenters. The van der Waals surface area contributed by atoms with Crippen LogP contribution in [0.15, 0.2) is 22.7 Å². The molecular weight excluding hydrogens is 314 g/mol. The van der Waals surface area contributed by atoms with Crippen molar-refractivity contribution in [2.75, 3.05) is 0 Å². The lowest BCUT2D eigenvalue weighted by Gasteiger charge is -2.13. The fourth-order valence-electron chi connectivity index (χ4n) is 2.29. The van der Waals surface area contributed by atoms with Gasteiger partial charge in [-0.25, -0.2) is 0 Å². The van der Waals surface area contributed by atoms with Crippen LogP contribution >= 0.6 is 15.9 Å². The Kier molecular flexibility index (Phi) is 4.09. The van der Waals surface area contributed by atoms with Gasteiger partial charge in [-0.2, -0.15) is 0 Å². The first-order chi connectivity index (χ1) is 8.97. The SMILES string of the molecule is O=C(N[C@H]1CC[C@@H](C(=O)O)C1)c1cc(Br)ccc1O. The molecule has 3 N–H and O–H groups in total. The third kappa shape index (κ3) is 3.26. The van der Waals surface area contributed by atoms with E-state index < -0.39 is 5.97 Å². The van der Waals surface area contributed by atoms with Crippen molar-refractivity contribution in [3.63, 3.8) is 0 Å². The predicted octanol–water partition coefficient (Wildman–Crippen LogP) is 2.14. The summed E-state index contributed by atoms with van der Waals surface area (Å²) in [5.41, 5.74) is 0.188. The van der Waals surface area contributed by atoms with Crippen LogP contribution in [0.4, 0.5) is 0 Å². The first-order valence-corrected chi connectivity index (χ1v) is 6.79. The van der Waals surface area contributed by atoms with Crippen molar-refractivity contribution in [2.45, 2.75) is 25.3 Å². The van der Waals surface area contributed by atoms with Crippen LogP contribution in [0.3, 0.4) is 0 Å². The van der Waals surface area contributed by atoms with Gasteiger partial charge in [-0.05, 0) is 37.5 Å². The van der Waals surface area contributed by atoms with Crippen LogP contribution < -0.4 is 5.32 Å². The van der Waals surface area contributed by atoms with Crippen LogP contribution in [0, 0.1) is 5.92 Å². The van der Waals surface area contributed by atoms with Crippen LogP contribution in [-0.2, 0) is 4.79 Å². The van der Waals surface area contributed by atoms with Gasteiger partial charge in [0.15, 0.2) is 0 Å². The lowest BCUT2D eigenvalue weighted by atomic mass is 10.1. The van der Waals surface area contributed by atoms with Gasteiger partial charge >= 0.3 is 5.97 Å². The van der Waals surface area contributed by atoms with Gasteiger partial charge in [0.2, 0.25) is 0 Å². The van der Waals surface area contributed by atoms with Crippen molar-refractivity contribution >= 4 is 27.8 Å². The molecule has 2 rings (SSSR count). The Hall–Kier alpha value is -1.56. The van der Waals surface area contributed by atoms with Crippen molar-refractivity contribution in [3.05, 3.63) is 28.2 Å². The van der Waals surface area contributed by atoms with Gasteiger partial charge in [0, 0.05) is 10.5 Å². The van der Waals surface area contributed by atoms with E-state index in [1.165, 1.54) is 12.1 Å². The van der Waals surface area contributed by atoms with Crippen molar-refractivity contribution in [2.24, 2.45) is 5.92 Å². The number of carboxylic acid groups (broad SMARTS) is 1. The molecule has 19 heavy (non-hydrogen) atoms. The van der Waals surface area contributed by atoms with Crippen LogP contribution in [-0.4, -0.2) is 28.1 Å². The van der Waals surface area contributed by atoms with Gasteiger partial charge in [0.25, 0.3) is 5.91 Å².